The van der Waals surface area contributed by atoms with Crippen LogP contribution in [-0.4, -0.2) is 115 Å². The van der Waals surface area contributed by atoms with Gasteiger partial charge in [0.25, 0.3) is 0 Å². The quantitative estimate of drug-likeness (QED) is 0.377. The van der Waals surface area contributed by atoms with Gasteiger partial charge in [-0.25, -0.2) is 0 Å². The molecule has 4 heterocycles. The second-order valence-corrected chi connectivity index (χ2v) is 12.0. The summed E-state index contributed by atoms with van der Waals surface area (Å²) in [7, 11) is 6.10. The largest absolute Gasteiger partial charge is 0.455 e. The van der Waals surface area contributed by atoms with Gasteiger partial charge in [-0.2, -0.15) is 0 Å². The Hall–Kier alpha value is -2.20. The van der Waals surface area contributed by atoms with Crippen molar-refractivity contribution in [2.24, 2.45) is 5.41 Å². The Kier molecular flexibility index (Phi) is 9.76. The van der Waals surface area contributed by atoms with Gasteiger partial charge < -0.3 is 52.1 Å². The molecule has 4 aliphatic rings. The molecule has 1 aromatic rings. The zero-order valence-corrected chi connectivity index (χ0v) is 25.6. The molecule has 0 aromatic heterocycles. The number of hydrogen-bond acceptors (Lipinski definition) is 13. The molecule has 0 unspecified atom stereocenters. The van der Waals surface area contributed by atoms with Gasteiger partial charge >= 0.3 is 11.9 Å². The van der Waals surface area contributed by atoms with Crippen LogP contribution in [-0.2, 0) is 61.7 Å². The molecule has 13 heteroatoms. The van der Waals surface area contributed by atoms with E-state index in [-0.39, 0.29) is 19.6 Å². The van der Waals surface area contributed by atoms with Crippen LogP contribution in [0.4, 0.5) is 0 Å². The minimum atomic E-state index is -1.63. The van der Waals surface area contributed by atoms with Gasteiger partial charge in [-0.3, -0.25) is 9.59 Å². The van der Waals surface area contributed by atoms with Crippen molar-refractivity contribution in [1.82, 2.24) is 0 Å². The molecule has 0 bridgehead atoms. The molecule has 0 N–H and O–H groups in total. The lowest BCUT2D eigenvalue weighted by atomic mass is 9.90. The van der Waals surface area contributed by atoms with E-state index >= 15 is 0 Å². The smallest absolute Gasteiger partial charge is 0.312 e. The van der Waals surface area contributed by atoms with Crippen molar-refractivity contribution in [3.63, 3.8) is 0 Å². The van der Waals surface area contributed by atoms with Crippen LogP contribution in [0.3, 0.4) is 0 Å². The van der Waals surface area contributed by atoms with Crippen molar-refractivity contribution in [3.05, 3.63) is 35.9 Å². The molecule has 240 valence electrons. The third kappa shape index (κ3) is 6.33. The number of hydrogen-bond donors (Lipinski definition) is 0. The van der Waals surface area contributed by atoms with Crippen LogP contribution in [0.1, 0.15) is 39.0 Å². The maximum atomic E-state index is 13.2. The van der Waals surface area contributed by atoms with Crippen LogP contribution in [0.25, 0.3) is 0 Å². The SMILES string of the molecule is CO[C@H]1O[C@H](CO[C@]23CC(=O)O[C@H]2[C@@H](OC(=O)C(C)(C)C)[C@@H]2O[C@H](c4ccccc4)OC[C@H]2O3)[C@@H](OC)[C@H](OC)[C@H]1OC. The number of methoxy groups -OCH3 is 4. The summed E-state index contributed by atoms with van der Waals surface area (Å²) in [5.74, 6) is -2.69. The van der Waals surface area contributed by atoms with Crippen LogP contribution in [0, 0.1) is 5.41 Å². The molecule has 4 fully saturated rings. The van der Waals surface area contributed by atoms with Crippen LogP contribution < -0.4 is 0 Å². The summed E-state index contributed by atoms with van der Waals surface area (Å²) in [6.07, 6.45) is -7.96. The van der Waals surface area contributed by atoms with Gasteiger partial charge in [-0.05, 0) is 20.8 Å². The normalized spacial score (nSPS) is 39.5. The van der Waals surface area contributed by atoms with Crippen molar-refractivity contribution in [3.8, 4) is 0 Å². The summed E-state index contributed by atoms with van der Waals surface area (Å²) < 4.78 is 65.8. The van der Waals surface area contributed by atoms with E-state index in [1.165, 1.54) is 21.3 Å². The lowest BCUT2D eigenvalue weighted by Gasteiger charge is -2.51. The highest BCUT2D eigenvalue weighted by molar-refractivity contribution is 5.76. The van der Waals surface area contributed by atoms with E-state index in [1.807, 2.05) is 30.3 Å². The fourth-order valence-corrected chi connectivity index (χ4v) is 5.97. The van der Waals surface area contributed by atoms with Crippen molar-refractivity contribution in [1.29, 1.82) is 0 Å². The van der Waals surface area contributed by atoms with Crippen molar-refractivity contribution in [2.45, 2.75) is 94.4 Å². The molecule has 11 atom stereocenters. The topological polar surface area (TPSA) is 136 Å². The fraction of sp³-hybridized carbons (Fsp3) is 0.733. The van der Waals surface area contributed by atoms with Gasteiger partial charge in [0, 0.05) is 34.0 Å². The van der Waals surface area contributed by atoms with Crippen LogP contribution in [0.15, 0.2) is 30.3 Å². The third-order valence-electron chi connectivity index (χ3n) is 8.17. The average molecular weight is 611 g/mol. The van der Waals surface area contributed by atoms with E-state index in [2.05, 4.69) is 0 Å². The lowest BCUT2D eigenvalue weighted by molar-refractivity contribution is -0.396. The first-order valence-corrected chi connectivity index (χ1v) is 14.4. The Morgan fingerprint density at radius 1 is 0.930 bits per heavy atom. The average Bonchev–Trinajstić information content (AvgIpc) is 3.34. The minimum Gasteiger partial charge on any atom is -0.455 e. The first kappa shape index (κ1) is 32.2. The third-order valence-corrected chi connectivity index (χ3v) is 8.17. The van der Waals surface area contributed by atoms with Gasteiger partial charge in [0.1, 0.15) is 43.0 Å². The first-order chi connectivity index (χ1) is 20.5. The fourth-order valence-electron chi connectivity index (χ4n) is 5.97. The number of benzene rings is 1. The summed E-state index contributed by atoms with van der Waals surface area (Å²) in [6.45, 7) is 5.21. The summed E-state index contributed by atoms with van der Waals surface area (Å²) in [4.78, 5) is 26.1. The summed E-state index contributed by atoms with van der Waals surface area (Å²) in [5, 5.41) is 0. The second kappa shape index (κ2) is 13.0. The number of esters is 2. The highest BCUT2D eigenvalue weighted by Gasteiger charge is 2.66. The van der Waals surface area contributed by atoms with Gasteiger partial charge in [0.2, 0.25) is 5.79 Å². The molecule has 5 rings (SSSR count). The molecule has 0 radical (unpaired) electrons. The molecule has 0 spiro atoms. The van der Waals surface area contributed by atoms with Crippen molar-refractivity contribution in [2.75, 3.05) is 41.7 Å². The maximum absolute atomic E-state index is 13.2. The highest BCUT2D eigenvalue weighted by Crippen LogP contribution is 2.46. The highest BCUT2D eigenvalue weighted by atomic mass is 16.8. The van der Waals surface area contributed by atoms with Crippen LogP contribution in [0.2, 0.25) is 0 Å². The van der Waals surface area contributed by atoms with Gasteiger partial charge in [-0.15, -0.1) is 0 Å². The summed E-state index contributed by atoms with van der Waals surface area (Å²) in [5.41, 5.74) is -0.0542. The predicted molar refractivity (Wildman–Crippen MR) is 145 cm³/mol. The predicted octanol–water partition coefficient (Wildman–Crippen LogP) is 1.90. The molecular weight excluding hydrogens is 568 g/mol. The Morgan fingerprint density at radius 2 is 1.63 bits per heavy atom. The Balaban J connectivity index is 1.42. The zero-order valence-electron chi connectivity index (χ0n) is 25.6. The van der Waals surface area contributed by atoms with E-state index in [1.54, 1.807) is 27.9 Å². The molecule has 0 aliphatic carbocycles. The number of ether oxygens (including phenoxy) is 11. The molecule has 0 amide bonds. The van der Waals surface area contributed by atoms with Gasteiger partial charge in [-0.1, -0.05) is 30.3 Å². The number of carbonyl (C=O) groups excluding carboxylic acids is 2. The van der Waals surface area contributed by atoms with E-state index in [9.17, 15) is 9.59 Å². The summed E-state index contributed by atoms with van der Waals surface area (Å²) >= 11 is 0. The van der Waals surface area contributed by atoms with E-state index in [0.717, 1.165) is 5.56 Å². The molecule has 1 aromatic carbocycles. The van der Waals surface area contributed by atoms with Gasteiger partial charge in [0.05, 0.1) is 18.6 Å². The van der Waals surface area contributed by atoms with Gasteiger partial charge in [0.15, 0.2) is 24.8 Å². The Labute approximate surface area is 251 Å². The van der Waals surface area contributed by atoms with E-state index < -0.39 is 84.6 Å². The number of carbonyl (C=O) groups is 2. The van der Waals surface area contributed by atoms with Crippen molar-refractivity contribution >= 4 is 11.9 Å². The molecule has 4 aliphatic heterocycles. The maximum Gasteiger partial charge on any atom is 0.312 e. The van der Waals surface area contributed by atoms with E-state index in [0.29, 0.717) is 0 Å². The second-order valence-electron chi connectivity index (χ2n) is 12.0. The standard InChI is InChI=1S/C30H42O13/c1-29(2,3)28(32)42-23-21-18(14-37-26(41-21)16-11-9-8-10-12-16)43-30(13-19(31)40-25(23)30)38-15-17-20(33-4)22(34-5)24(35-6)27(36-7)39-17/h8-12,17-18,20-27H,13-15H2,1-7H3/t17-,18-,20-,21-,22+,23+,24-,25+,26-,27+,30+/m1/s1. The Bertz CT molecular complexity index is 1110. The Morgan fingerprint density at radius 3 is 2.26 bits per heavy atom. The number of rotatable bonds is 9. The monoisotopic (exact) mass is 610 g/mol. The van der Waals surface area contributed by atoms with Crippen molar-refractivity contribution < 1.29 is 61.7 Å². The molecule has 0 saturated carbocycles. The van der Waals surface area contributed by atoms with Crippen LogP contribution >= 0.6 is 0 Å². The number of fused-ring (bicyclic) bond motifs is 2. The first-order valence-electron chi connectivity index (χ1n) is 14.4. The van der Waals surface area contributed by atoms with E-state index in [4.69, 9.17) is 52.1 Å². The lowest BCUT2D eigenvalue weighted by Crippen LogP contribution is -2.68. The minimum absolute atomic E-state index is 0.0907. The molecule has 4 saturated heterocycles. The molecule has 13 nitrogen and oxygen atoms in total. The summed E-state index contributed by atoms with van der Waals surface area (Å²) in [6, 6.07) is 9.38. The molecule has 43 heavy (non-hydrogen) atoms. The molecular formula is C30H42O13. The zero-order chi connectivity index (χ0) is 30.9. The van der Waals surface area contributed by atoms with Crippen LogP contribution in [0.5, 0.6) is 0 Å².